The molecule has 4 heterocycles. The van der Waals surface area contributed by atoms with Gasteiger partial charge in [-0.25, -0.2) is 0 Å². The molecule has 0 unspecified atom stereocenters. The minimum absolute atomic E-state index is 0.0194. The molecule has 0 aromatic carbocycles. The van der Waals surface area contributed by atoms with Gasteiger partial charge in [-0.15, -0.1) is 10.2 Å². The Labute approximate surface area is 152 Å². The number of nitrogens with zero attached hydrogens (tertiary/aromatic N) is 5. The molecule has 2 aromatic rings. The van der Waals surface area contributed by atoms with Gasteiger partial charge in [0, 0.05) is 19.7 Å². The third kappa shape index (κ3) is 3.13. The molecule has 0 saturated carbocycles. The van der Waals surface area contributed by atoms with Crippen molar-refractivity contribution in [1.82, 2.24) is 24.9 Å². The number of hydrogen-bond acceptors (Lipinski definition) is 6. The van der Waals surface area contributed by atoms with Gasteiger partial charge in [0.05, 0.1) is 5.69 Å². The highest BCUT2D eigenvalue weighted by molar-refractivity contribution is 5.93. The van der Waals surface area contributed by atoms with Crippen LogP contribution in [0.2, 0.25) is 0 Å². The molecule has 0 bridgehead atoms. The van der Waals surface area contributed by atoms with Crippen molar-refractivity contribution >= 4 is 5.91 Å². The summed E-state index contributed by atoms with van der Waals surface area (Å²) in [7, 11) is 0. The number of amides is 1. The Bertz CT molecular complexity index is 778. The minimum atomic E-state index is -0.181. The second kappa shape index (κ2) is 7.19. The highest BCUT2D eigenvalue weighted by atomic mass is 16.5. The lowest BCUT2D eigenvalue weighted by molar-refractivity contribution is 0.0538. The molecule has 0 aliphatic carbocycles. The van der Waals surface area contributed by atoms with Crippen molar-refractivity contribution in [2.24, 2.45) is 0 Å². The number of rotatable bonds is 4. The van der Waals surface area contributed by atoms with E-state index in [0.717, 1.165) is 44.4 Å². The number of aromatic nitrogens is 4. The maximum absolute atomic E-state index is 13.2. The fourth-order valence-corrected chi connectivity index (χ4v) is 3.82. The molecule has 2 atom stereocenters. The van der Waals surface area contributed by atoms with Crippen LogP contribution < -0.4 is 0 Å². The summed E-state index contributed by atoms with van der Waals surface area (Å²) in [6, 6.07) is 1.67. The molecular formula is C18H25N5O3. The van der Waals surface area contributed by atoms with E-state index in [9.17, 15) is 4.79 Å². The monoisotopic (exact) mass is 359 g/mol. The lowest BCUT2D eigenvalue weighted by atomic mass is 10.0. The number of carbonyl (C=O) groups is 1. The van der Waals surface area contributed by atoms with E-state index in [4.69, 9.17) is 9.15 Å². The van der Waals surface area contributed by atoms with E-state index in [1.807, 2.05) is 24.8 Å². The van der Waals surface area contributed by atoms with Gasteiger partial charge < -0.3 is 14.1 Å². The van der Waals surface area contributed by atoms with Crippen LogP contribution in [-0.4, -0.2) is 43.9 Å². The molecule has 2 saturated heterocycles. The highest BCUT2D eigenvalue weighted by Crippen LogP contribution is 2.34. The molecule has 8 heteroatoms. The summed E-state index contributed by atoms with van der Waals surface area (Å²) in [6.07, 6.45) is 4.67. The van der Waals surface area contributed by atoms with Gasteiger partial charge >= 0.3 is 0 Å². The number of likely N-dealkylation sites (tertiary alicyclic amines) is 1. The first-order valence-corrected chi connectivity index (χ1v) is 9.47. The van der Waals surface area contributed by atoms with E-state index in [1.165, 1.54) is 0 Å². The van der Waals surface area contributed by atoms with Crippen molar-refractivity contribution in [1.29, 1.82) is 0 Å². The maximum Gasteiger partial charge on any atom is 0.272 e. The third-order valence-electron chi connectivity index (χ3n) is 5.13. The number of piperidine rings is 1. The minimum Gasteiger partial charge on any atom is -0.420 e. The topological polar surface area (TPSA) is 86.3 Å². The van der Waals surface area contributed by atoms with Gasteiger partial charge in [0.15, 0.2) is 0 Å². The van der Waals surface area contributed by atoms with E-state index in [0.29, 0.717) is 30.6 Å². The molecule has 2 aliphatic heterocycles. The lowest BCUT2D eigenvalue weighted by Crippen LogP contribution is -2.39. The first kappa shape index (κ1) is 17.2. The van der Waals surface area contributed by atoms with Crippen LogP contribution in [0.15, 0.2) is 10.5 Å². The molecule has 0 spiro atoms. The van der Waals surface area contributed by atoms with E-state index >= 15 is 0 Å². The Morgan fingerprint density at radius 1 is 1.23 bits per heavy atom. The first-order chi connectivity index (χ1) is 12.7. The average Bonchev–Trinajstić information content (AvgIpc) is 3.40. The van der Waals surface area contributed by atoms with Crippen molar-refractivity contribution < 1.29 is 13.9 Å². The maximum atomic E-state index is 13.2. The Balaban J connectivity index is 1.59. The molecule has 26 heavy (non-hydrogen) atoms. The predicted octanol–water partition coefficient (Wildman–Crippen LogP) is 2.81. The highest BCUT2D eigenvalue weighted by Gasteiger charge is 2.35. The second-order valence-electron chi connectivity index (χ2n) is 6.98. The van der Waals surface area contributed by atoms with Crippen LogP contribution in [0.5, 0.6) is 0 Å². The normalized spacial score (nSPS) is 23.5. The van der Waals surface area contributed by atoms with Crippen LogP contribution in [0.1, 0.15) is 79.1 Å². The van der Waals surface area contributed by atoms with Crippen LogP contribution in [0.4, 0.5) is 0 Å². The molecule has 1 amide bonds. The number of ether oxygens (including phenoxy) is 1. The largest absolute Gasteiger partial charge is 0.420 e. The Morgan fingerprint density at radius 3 is 2.85 bits per heavy atom. The number of aryl methyl sites for hydroxylation is 2. The standard InChI is InChI=1S/C18H25N5O3/c1-3-23-14(11-12(2)21-23)18(24)22-9-5-4-7-13(22)16-19-20-17(26-16)15-8-6-10-25-15/h11,13,15H,3-10H2,1-2H3/t13-,15-/m1/s1. The fourth-order valence-electron chi connectivity index (χ4n) is 3.82. The van der Waals surface area contributed by atoms with Crippen molar-refractivity contribution in [3.8, 4) is 0 Å². The van der Waals surface area contributed by atoms with Crippen molar-refractivity contribution in [2.45, 2.75) is 64.6 Å². The van der Waals surface area contributed by atoms with Crippen LogP contribution in [0, 0.1) is 6.92 Å². The fraction of sp³-hybridized carbons (Fsp3) is 0.667. The predicted molar refractivity (Wildman–Crippen MR) is 92.5 cm³/mol. The van der Waals surface area contributed by atoms with E-state index < -0.39 is 0 Å². The van der Waals surface area contributed by atoms with Crippen LogP contribution in [-0.2, 0) is 11.3 Å². The molecule has 0 N–H and O–H groups in total. The summed E-state index contributed by atoms with van der Waals surface area (Å²) in [5.74, 6) is 1.03. The zero-order valence-electron chi connectivity index (χ0n) is 15.3. The zero-order valence-corrected chi connectivity index (χ0v) is 15.3. The smallest absolute Gasteiger partial charge is 0.272 e. The van der Waals surface area contributed by atoms with Gasteiger partial charge in [-0.05, 0) is 52.0 Å². The molecule has 2 aliphatic rings. The van der Waals surface area contributed by atoms with Gasteiger partial charge in [-0.3, -0.25) is 9.48 Å². The van der Waals surface area contributed by atoms with E-state index in [-0.39, 0.29) is 18.1 Å². The van der Waals surface area contributed by atoms with Gasteiger partial charge in [0.1, 0.15) is 17.8 Å². The summed E-state index contributed by atoms with van der Waals surface area (Å²) >= 11 is 0. The van der Waals surface area contributed by atoms with Gasteiger partial charge in [-0.2, -0.15) is 5.10 Å². The van der Waals surface area contributed by atoms with Crippen molar-refractivity contribution in [3.05, 3.63) is 29.2 Å². The SMILES string of the molecule is CCn1nc(C)cc1C(=O)N1CCCC[C@@H]1c1nnc([C@H]2CCCO2)o1. The summed E-state index contributed by atoms with van der Waals surface area (Å²) < 4.78 is 13.3. The van der Waals surface area contributed by atoms with Crippen LogP contribution in [0.25, 0.3) is 0 Å². The quantitative estimate of drug-likeness (QED) is 0.834. The zero-order chi connectivity index (χ0) is 18.1. The Kier molecular flexibility index (Phi) is 4.76. The Hall–Kier alpha value is -2.22. The Morgan fingerprint density at radius 2 is 2.08 bits per heavy atom. The summed E-state index contributed by atoms with van der Waals surface area (Å²) in [5.41, 5.74) is 1.47. The molecule has 8 nitrogen and oxygen atoms in total. The molecular weight excluding hydrogens is 334 g/mol. The lowest BCUT2D eigenvalue weighted by Gasteiger charge is -2.33. The molecule has 4 rings (SSSR count). The number of hydrogen-bond donors (Lipinski definition) is 0. The van der Waals surface area contributed by atoms with E-state index in [1.54, 1.807) is 4.68 Å². The van der Waals surface area contributed by atoms with Crippen LogP contribution >= 0.6 is 0 Å². The first-order valence-electron chi connectivity index (χ1n) is 9.47. The second-order valence-corrected chi connectivity index (χ2v) is 6.98. The van der Waals surface area contributed by atoms with Crippen molar-refractivity contribution in [3.63, 3.8) is 0 Å². The molecule has 2 fully saturated rings. The average molecular weight is 359 g/mol. The summed E-state index contributed by atoms with van der Waals surface area (Å²) in [4.78, 5) is 15.1. The van der Waals surface area contributed by atoms with Gasteiger partial charge in [-0.1, -0.05) is 0 Å². The van der Waals surface area contributed by atoms with Gasteiger partial charge in [0.25, 0.3) is 5.91 Å². The summed E-state index contributed by atoms with van der Waals surface area (Å²) in [6.45, 7) is 5.98. The molecule has 0 radical (unpaired) electrons. The van der Waals surface area contributed by atoms with E-state index in [2.05, 4.69) is 15.3 Å². The molecule has 140 valence electrons. The summed E-state index contributed by atoms with van der Waals surface area (Å²) in [5, 5.41) is 12.8. The number of carbonyl (C=O) groups excluding carboxylic acids is 1. The van der Waals surface area contributed by atoms with Gasteiger partial charge in [0.2, 0.25) is 11.8 Å². The van der Waals surface area contributed by atoms with Crippen molar-refractivity contribution in [2.75, 3.05) is 13.2 Å². The molecule has 2 aromatic heterocycles. The third-order valence-corrected chi connectivity index (χ3v) is 5.13. The van der Waals surface area contributed by atoms with Crippen LogP contribution in [0.3, 0.4) is 0 Å².